The smallest absolute Gasteiger partial charge is 0.145 e. The lowest BCUT2D eigenvalue weighted by atomic mass is 9.89. The summed E-state index contributed by atoms with van der Waals surface area (Å²) in [5.41, 5.74) is 5.80. The summed E-state index contributed by atoms with van der Waals surface area (Å²) in [4.78, 5) is 11.5. The van der Waals surface area contributed by atoms with Gasteiger partial charge in [0.05, 0.1) is 0 Å². The summed E-state index contributed by atoms with van der Waals surface area (Å²) in [6.45, 7) is 14.0. The van der Waals surface area contributed by atoms with E-state index in [1.54, 1.807) is 0 Å². The molecule has 0 spiro atoms. The van der Waals surface area contributed by atoms with Crippen LogP contribution < -0.4 is 0 Å². The first-order valence-electron chi connectivity index (χ1n) is 7.85. The largest absolute Gasteiger partial charge is 0.300 e. The van der Waals surface area contributed by atoms with E-state index in [9.17, 15) is 4.79 Å². The van der Waals surface area contributed by atoms with Gasteiger partial charge in [0, 0.05) is 18.8 Å². The number of ketones is 1. The molecule has 0 N–H and O–H groups in total. The fourth-order valence-corrected chi connectivity index (χ4v) is 9.13. The molecule has 1 saturated carbocycles. The molecule has 0 aliphatic heterocycles. The van der Waals surface area contributed by atoms with E-state index in [-0.39, 0.29) is 0 Å². The van der Waals surface area contributed by atoms with Gasteiger partial charge in [0.2, 0.25) is 0 Å². The zero-order valence-corrected chi connectivity index (χ0v) is 14.5. The minimum atomic E-state index is -1.61. The molecule has 0 aromatic heterocycles. The van der Waals surface area contributed by atoms with Gasteiger partial charge >= 0.3 is 0 Å². The van der Waals surface area contributed by atoms with Gasteiger partial charge in [0.1, 0.15) is 13.9 Å². The van der Waals surface area contributed by atoms with Gasteiger partial charge in [-0.2, -0.15) is 0 Å². The van der Waals surface area contributed by atoms with Crippen molar-refractivity contribution in [2.75, 3.05) is 0 Å². The van der Waals surface area contributed by atoms with Gasteiger partial charge in [-0.05, 0) is 29.5 Å². The molecule has 0 heterocycles. The van der Waals surface area contributed by atoms with E-state index in [0.717, 1.165) is 19.3 Å². The lowest BCUT2D eigenvalue weighted by Crippen LogP contribution is -2.43. The Morgan fingerprint density at radius 1 is 1.05 bits per heavy atom. The van der Waals surface area contributed by atoms with Gasteiger partial charge < -0.3 is 0 Å². The second-order valence-electron chi connectivity index (χ2n) is 7.00. The van der Waals surface area contributed by atoms with Crippen LogP contribution >= 0.6 is 0 Å². The Balaban J connectivity index is 2.98. The highest BCUT2D eigenvalue weighted by atomic mass is 28.3. The van der Waals surface area contributed by atoms with E-state index in [4.69, 9.17) is 0 Å². The van der Waals surface area contributed by atoms with Gasteiger partial charge in [-0.15, -0.1) is 11.5 Å². The molecular weight excluding hydrogens is 248 g/mol. The second kappa shape index (κ2) is 6.75. The van der Waals surface area contributed by atoms with Gasteiger partial charge in [0.25, 0.3) is 0 Å². The van der Waals surface area contributed by atoms with Crippen molar-refractivity contribution in [3.05, 3.63) is 0 Å². The van der Waals surface area contributed by atoms with Crippen molar-refractivity contribution >= 4 is 13.9 Å². The first-order valence-corrected chi connectivity index (χ1v) is 10.1. The Morgan fingerprint density at radius 3 is 2.00 bits per heavy atom. The summed E-state index contributed by atoms with van der Waals surface area (Å²) in [6, 6.07) is 0. The highest BCUT2D eigenvalue weighted by Gasteiger charge is 2.41. The quantitative estimate of drug-likeness (QED) is 0.526. The summed E-state index contributed by atoms with van der Waals surface area (Å²) in [7, 11) is -1.61. The Labute approximate surface area is 120 Å². The number of carbonyl (C=O) groups excluding carboxylic acids is 1. The molecule has 1 nitrogen and oxygen atoms in total. The first-order chi connectivity index (χ1) is 8.80. The molecule has 0 aromatic rings. The van der Waals surface area contributed by atoms with Crippen molar-refractivity contribution < 1.29 is 4.79 Å². The number of Topliss-reactive ketones (excluding diaryl/α,β-unsaturated/α-hetero) is 1. The molecule has 0 saturated heterocycles. The van der Waals surface area contributed by atoms with E-state index >= 15 is 0 Å². The fraction of sp³-hybridized carbons (Fsp3) is 0.824. The Kier molecular flexibility index (Phi) is 5.86. The average molecular weight is 279 g/mol. The van der Waals surface area contributed by atoms with E-state index in [1.807, 2.05) is 0 Å². The van der Waals surface area contributed by atoms with Crippen LogP contribution in [0, 0.1) is 17.4 Å². The highest BCUT2D eigenvalue weighted by molar-refractivity contribution is 6.90. The SMILES string of the molecule is CC(C)[Si](C#CC1CCCC(=O)C1)(C(C)C)C(C)C. The van der Waals surface area contributed by atoms with Crippen molar-refractivity contribution in [3.8, 4) is 11.5 Å². The molecule has 1 rings (SSSR count). The van der Waals surface area contributed by atoms with Gasteiger partial charge in [-0.3, -0.25) is 4.79 Å². The van der Waals surface area contributed by atoms with Crippen LogP contribution in [0.2, 0.25) is 16.6 Å². The second-order valence-corrected chi connectivity index (χ2v) is 12.6. The normalized spacial score (nSPS) is 20.9. The lowest BCUT2D eigenvalue weighted by Gasteiger charge is -2.38. The standard InChI is InChI=1S/C17H30OSi/c1-13(2)19(14(3)4,15(5)6)11-10-16-8-7-9-17(18)12-16/h13-16H,7-9,12H2,1-6H3. The fourth-order valence-electron chi connectivity index (χ4n) is 3.81. The average Bonchev–Trinajstić information content (AvgIpc) is 2.28. The molecule has 0 radical (unpaired) electrons. The zero-order valence-electron chi connectivity index (χ0n) is 13.5. The van der Waals surface area contributed by atoms with Crippen LogP contribution in [0.1, 0.15) is 67.2 Å². The molecule has 0 bridgehead atoms. The van der Waals surface area contributed by atoms with Crippen molar-refractivity contribution in [1.82, 2.24) is 0 Å². The monoisotopic (exact) mass is 278 g/mol. The lowest BCUT2D eigenvalue weighted by molar-refractivity contribution is -0.120. The summed E-state index contributed by atoms with van der Waals surface area (Å²) in [5.74, 6) is 4.28. The molecule has 2 heteroatoms. The third-order valence-corrected chi connectivity index (χ3v) is 11.2. The summed E-state index contributed by atoms with van der Waals surface area (Å²) in [6.07, 6.45) is 3.64. The Hall–Kier alpha value is -0.553. The first kappa shape index (κ1) is 16.5. The van der Waals surface area contributed by atoms with E-state index in [0.29, 0.717) is 34.7 Å². The van der Waals surface area contributed by atoms with Gasteiger partial charge in [-0.1, -0.05) is 41.5 Å². The van der Waals surface area contributed by atoms with Crippen LogP contribution in [0.3, 0.4) is 0 Å². The van der Waals surface area contributed by atoms with Crippen molar-refractivity contribution in [2.45, 2.75) is 83.8 Å². The van der Waals surface area contributed by atoms with Crippen LogP contribution in [0.4, 0.5) is 0 Å². The number of carbonyl (C=O) groups is 1. The molecule has 1 aliphatic rings. The minimum absolute atomic E-state index is 0.337. The molecule has 1 fully saturated rings. The number of hydrogen-bond acceptors (Lipinski definition) is 1. The van der Waals surface area contributed by atoms with Crippen molar-refractivity contribution in [3.63, 3.8) is 0 Å². The summed E-state index contributed by atoms with van der Waals surface area (Å²) >= 11 is 0. The molecule has 1 unspecified atom stereocenters. The van der Waals surface area contributed by atoms with Crippen LogP contribution in [-0.4, -0.2) is 13.9 Å². The van der Waals surface area contributed by atoms with E-state index in [1.165, 1.54) is 0 Å². The Morgan fingerprint density at radius 2 is 1.58 bits per heavy atom. The van der Waals surface area contributed by atoms with E-state index in [2.05, 4.69) is 53.0 Å². The molecule has 1 atom stereocenters. The van der Waals surface area contributed by atoms with Crippen LogP contribution in [0.25, 0.3) is 0 Å². The highest BCUT2D eigenvalue weighted by Crippen LogP contribution is 2.41. The third-order valence-electron chi connectivity index (χ3n) is 4.84. The van der Waals surface area contributed by atoms with Crippen molar-refractivity contribution in [2.24, 2.45) is 5.92 Å². The number of hydrogen-bond donors (Lipinski definition) is 0. The molecular formula is C17H30OSi. The maximum absolute atomic E-state index is 11.5. The molecule has 0 aromatic carbocycles. The maximum Gasteiger partial charge on any atom is 0.145 e. The minimum Gasteiger partial charge on any atom is -0.300 e. The molecule has 1 aliphatic carbocycles. The molecule has 0 amide bonds. The summed E-state index contributed by atoms with van der Waals surface area (Å²) < 4.78 is 0. The molecule has 108 valence electrons. The zero-order chi connectivity index (χ0) is 14.6. The predicted octanol–water partition coefficient (Wildman–Crippen LogP) is 4.97. The Bertz CT molecular complexity index is 349. The van der Waals surface area contributed by atoms with Crippen LogP contribution in [0.5, 0.6) is 0 Å². The maximum atomic E-state index is 11.5. The van der Waals surface area contributed by atoms with Gasteiger partial charge in [-0.25, -0.2) is 0 Å². The third kappa shape index (κ3) is 3.72. The van der Waals surface area contributed by atoms with E-state index < -0.39 is 8.07 Å². The van der Waals surface area contributed by atoms with Crippen molar-refractivity contribution in [1.29, 1.82) is 0 Å². The number of rotatable bonds is 3. The topological polar surface area (TPSA) is 17.1 Å². The van der Waals surface area contributed by atoms with Gasteiger partial charge in [0.15, 0.2) is 0 Å². The summed E-state index contributed by atoms with van der Waals surface area (Å²) in [5, 5.41) is 0. The van der Waals surface area contributed by atoms with Crippen LogP contribution in [-0.2, 0) is 4.79 Å². The van der Waals surface area contributed by atoms with Crippen LogP contribution in [0.15, 0.2) is 0 Å². The molecule has 19 heavy (non-hydrogen) atoms. The predicted molar refractivity (Wildman–Crippen MR) is 85.8 cm³/mol.